The molecule has 0 amide bonds. The fourth-order valence-corrected chi connectivity index (χ4v) is 7.12. The van der Waals surface area contributed by atoms with Crippen molar-refractivity contribution in [3.05, 3.63) is 0 Å². The van der Waals surface area contributed by atoms with Crippen LogP contribution in [0.5, 0.6) is 0 Å². The minimum atomic E-state index is 0.389. The predicted molar refractivity (Wildman–Crippen MR) is 69.8 cm³/mol. The molecule has 3 rings (SSSR count). The molecule has 0 radical (unpaired) electrons. The van der Waals surface area contributed by atoms with E-state index in [9.17, 15) is 4.79 Å². The zero-order valence-corrected chi connectivity index (χ0v) is 11.1. The van der Waals surface area contributed by atoms with E-state index >= 15 is 0 Å². The molecule has 16 heavy (non-hydrogen) atoms. The van der Waals surface area contributed by atoms with E-state index in [1.807, 2.05) is 0 Å². The molecular formula is C14H23OS+. The zero-order chi connectivity index (χ0) is 11.1. The van der Waals surface area contributed by atoms with Gasteiger partial charge in [0.05, 0.1) is 6.26 Å². The van der Waals surface area contributed by atoms with Crippen molar-refractivity contribution in [1.82, 2.24) is 0 Å². The number of carbonyl (C=O) groups is 1. The Morgan fingerprint density at radius 3 is 2.62 bits per heavy atom. The molecule has 0 aliphatic heterocycles. The summed E-state index contributed by atoms with van der Waals surface area (Å²) >= 11 is 0. The summed E-state index contributed by atoms with van der Waals surface area (Å²) in [6, 6.07) is 0. The molecule has 5 atom stereocenters. The third-order valence-corrected chi connectivity index (χ3v) is 8.03. The Morgan fingerprint density at radius 2 is 2.00 bits per heavy atom. The molecule has 0 aromatic carbocycles. The molecule has 0 aromatic rings. The minimum Gasteiger partial charge on any atom is -0.294 e. The van der Waals surface area contributed by atoms with Crippen LogP contribution in [0.1, 0.15) is 51.4 Å². The quantitative estimate of drug-likeness (QED) is 0.677. The van der Waals surface area contributed by atoms with E-state index in [4.69, 9.17) is 0 Å². The molecule has 0 aromatic heterocycles. The Kier molecular flexibility index (Phi) is 3.03. The summed E-state index contributed by atoms with van der Waals surface area (Å²) in [5.74, 6) is 2.62. The highest BCUT2D eigenvalue weighted by molar-refractivity contribution is 7.98. The molecule has 2 heteroatoms. The number of hydrogen-bond acceptors (Lipinski definition) is 1. The number of Topliss-reactive ketones (excluding diaryl/α,β-unsaturated/α-hetero) is 1. The lowest BCUT2D eigenvalue weighted by Crippen LogP contribution is -2.41. The van der Waals surface area contributed by atoms with Gasteiger partial charge in [-0.15, -0.1) is 0 Å². The van der Waals surface area contributed by atoms with Crippen LogP contribution in [0.3, 0.4) is 0 Å². The first-order chi connectivity index (χ1) is 7.75. The highest BCUT2D eigenvalue weighted by Crippen LogP contribution is 2.48. The van der Waals surface area contributed by atoms with E-state index in [0.29, 0.717) is 21.9 Å². The summed E-state index contributed by atoms with van der Waals surface area (Å²) in [6.45, 7) is 0. The van der Waals surface area contributed by atoms with Gasteiger partial charge in [0.2, 0.25) is 0 Å². The Morgan fingerprint density at radius 1 is 1.12 bits per heavy atom. The third-order valence-electron chi connectivity index (χ3n) is 5.10. The first-order valence-electron chi connectivity index (χ1n) is 6.92. The first-order valence-corrected chi connectivity index (χ1v) is 8.68. The van der Waals surface area contributed by atoms with E-state index < -0.39 is 0 Å². The molecule has 0 N–H and O–H groups in total. The van der Waals surface area contributed by atoms with Crippen LogP contribution in [0, 0.1) is 11.8 Å². The van der Waals surface area contributed by atoms with Crippen LogP contribution in [-0.4, -0.2) is 22.5 Å². The van der Waals surface area contributed by atoms with Crippen LogP contribution in [-0.2, 0) is 15.7 Å². The minimum absolute atomic E-state index is 0.389. The Bertz CT molecular complexity index is 288. The maximum absolute atomic E-state index is 12.0. The average Bonchev–Trinajstić information content (AvgIpc) is 2.90. The van der Waals surface area contributed by atoms with Crippen LogP contribution < -0.4 is 0 Å². The van der Waals surface area contributed by atoms with Crippen molar-refractivity contribution >= 4 is 16.7 Å². The van der Waals surface area contributed by atoms with E-state index in [-0.39, 0.29) is 0 Å². The van der Waals surface area contributed by atoms with E-state index in [1.54, 1.807) is 0 Å². The Balaban J connectivity index is 1.67. The molecule has 1 nitrogen and oxygen atoms in total. The van der Waals surface area contributed by atoms with Crippen LogP contribution in [0.15, 0.2) is 0 Å². The van der Waals surface area contributed by atoms with E-state index in [0.717, 1.165) is 29.9 Å². The van der Waals surface area contributed by atoms with Crippen molar-refractivity contribution in [3.63, 3.8) is 0 Å². The summed E-state index contributed by atoms with van der Waals surface area (Å²) in [7, 11) is 0.389. The molecule has 3 fully saturated rings. The summed E-state index contributed by atoms with van der Waals surface area (Å²) in [4.78, 5) is 12.0. The van der Waals surface area contributed by atoms with Crippen molar-refractivity contribution in [2.24, 2.45) is 11.8 Å². The second-order valence-corrected chi connectivity index (χ2v) is 8.41. The monoisotopic (exact) mass is 239 g/mol. The van der Waals surface area contributed by atoms with Gasteiger partial charge in [-0.25, -0.2) is 0 Å². The topological polar surface area (TPSA) is 17.1 Å². The third kappa shape index (κ3) is 1.83. The first kappa shape index (κ1) is 11.1. The molecule has 0 saturated heterocycles. The number of ketones is 1. The summed E-state index contributed by atoms with van der Waals surface area (Å²) < 4.78 is 0. The number of rotatable bonds is 2. The van der Waals surface area contributed by atoms with Gasteiger partial charge in [0.15, 0.2) is 11.0 Å². The highest BCUT2D eigenvalue weighted by atomic mass is 32.2. The molecule has 5 unspecified atom stereocenters. The van der Waals surface area contributed by atoms with Gasteiger partial charge in [0.25, 0.3) is 0 Å². The molecule has 0 heterocycles. The number of hydrogen-bond donors (Lipinski definition) is 0. The standard InChI is InChI=1S/C14H23OS/c1-16(13-5-3-2-4-12(13)15)14-9-10-6-7-11(14)8-10/h10-11,13-14H,2-9H2,1H3/q+1. The van der Waals surface area contributed by atoms with Gasteiger partial charge in [-0.2, -0.15) is 0 Å². The van der Waals surface area contributed by atoms with E-state index in [1.165, 1.54) is 38.5 Å². The van der Waals surface area contributed by atoms with Crippen molar-refractivity contribution in [1.29, 1.82) is 0 Å². The lowest BCUT2D eigenvalue weighted by molar-refractivity contribution is -0.119. The summed E-state index contributed by atoms with van der Waals surface area (Å²) in [5.41, 5.74) is 0. The van der Waals surface area contributed by atoms with Crippen LogP contribution in [0.25, 0.3) is 0 Å². The van der Waals surface area contributed by atoms with Crippen molar-refractivity contribution < 1.29 is 4.79 Å². The molecule has 3 saturated carbocycles. The highest BCUT2D eigenvalue weighted by Gasteiger charge is 2.50. The predicted octanol–water partition coefficient (Wildman–Crippen LogP) is 2.93. The molecule has 3 aliphatic rings. The zero-order valence-electron chi connectivity index (χ0n) is 10.3. The normalized spacial score (nSPS) is 44.9. The number of carbonyl (C=O) groups excluding carboxylic acids is 1. The molecule has 3 aliphatic carbocycles. The Labute approximate surface area is 102 Å². The Hall–Kier alpha value is 0.0200. The molecule has 90 valence electrons. The fraction of sp³-hybridized carbons (Fsp3) is 0.929. The summed E-state index contributed by atoms with van der Waals surface area (Å²) in [6.07, 6.45) is 12.8. The second kappa shape index (κ2) is 4.36. The van der Waals surface area contributed by atoms with Gasteiger partial charge in [0, 0.05) is 18.8 Å². The van der Waals surface area contributed by atoms with Gasteiger partial charge in [-0.3, -0.25) is 4.79 Å². The molecule has 0 spiro atoms. The smallest absolute Gasteiger partial charge is 0.184 e. The van der Waals surface area contributed by atoms with Crippen LogP contribution in [0.2, 0.25) is 0 Å². The number of fused-ring (bicyclic) bond motifs is 2. The van der Waals surface area contributed by atoms with Gasteiger partial charge >= 0.3 is 0 Å². The lowest BCUT2D eigenvalue weighted by Gasteiger charge is -2.27. The van der Waals surface area contributed by atoms with Gasteiger partial charge < -0.3 is 0 Å². The second-order valence-electron chi connectivity index (χ2n) is 6.02. The fourth-order valence-electron chi connectivity index (χ4n) is 4.20. The maximum Gasteiger partial charge on any atom is 0.184 e. The van der Waals surface area contributed by atoms with E-state index in [2.05, 4.69) is 6.26 Å². The van der Waals surface area contributed by atoms with Gasteiger partial charge in [-0.1, -0.05) is 0 Å². The van der Waals surface area contributed by atoms with Gasteiger partial charge in [-0.05, 0) is 55.3 Å². The van der Waals surface area contributed by atoms with Crippen molar-refractivity contribution in [2.75, 3.05) is 6.26 Å². The largest absolute Gasteiger partial charge is 0.294 e. The lowest BCUT2D eigenvalue weighted by atomic mass is 9.99. The molecule has 2 bridgehead atoms. The van der Waals surface area contributed by atoms with Gasteiger partial charge in [0.1, 0.15) is 5.25 Å². The SMILES string of the molecule is C[S+](C1CCCCC1=O)C1CC2CCC1C2. The van der Waals surface area contributed by atoms with Crippen molar-refractivity contribution in [2.45, 2.75) is 61.9 Å². The van der Waals surface area contributed by atoms with Crippen LogP contribution >= 0.6 is 0 Å². The van der Waals surface area contributed by atoms with Crippen LogP contribution in [0.4, 0.5) is 0 Å². The average molecular weight is 239 g/mol. The van der Waals surface area contributed by atoms with Crippen molar-refractivity contribution in [3.8, 4) is 0 Å². The maximum atomic E-state index is 12.0. The molecular weight excluding hydrogens is 216 g/mol. The summed E-state index contributed by atoms with van der Waals surface area (Å²) in [5, 5.41) is 1.38.